The lowest BCUT2D eigenvalue weighted by Gasteiger charge is -2.34. The van der Waals surface area contributed by atoms with Crippen LogP contribution in [-0.2, 0) is 4.79 Å². The number of rotatable bonds is 4. The molecule has 2 N–H and O–H groups in total. The van der Waals surface area contributed by atoms with Gasteiger partial charge in [0.1, 0.15) is 5.75 Å². The van der Waals surface area contributed by atoms with Crippen LogP contribution in [0.5, 0.6) is 5.75 Å². The number of hydrogen-bond acceptors (Lipinski definition) is 3. The number of hydrogen-bond donors (Lipinski definition) is 2. The fraction of sp³-hybridized carbons (Fsp3) is 0.529. The fourth-order valence-electron chi connectivity index (χ4n) is 2.83. The second-order valence-corrected chi connectivity index (χ2v) is 6.93. The third kappa shape index (κ3) is 4.77. The van der Waals surface area contributed by atoms with E-state index in [9.17, 15) is 14.7 Å². The fourth-order valence-corrected chi connectivity index (χ4v) is 3.05. The molecule has 2 amide bonds. The lowest BCUT2D eigenvalue weighted by molar-refractivity contribution is -0.143. The van der Waals surface area contributed by atoms with Crippen molar-refractivity contribution in [2.24, 2.45) is 11.8 Å². The summed E-state index contributed by atoms with van der Waals surface area (Å²) < 4.78 is 5.56. The van der Waals surface area contributed by atoms with E-state index < -0.39 is 11.9 Å². The number of likely N-dealkylation sites (tertiary alicyclic amines) is 1. The first kappa shape index (κ1) is 18.4. The van der Waals surface area contributed by atoms with Crippen molar-refractivity contribution in [3.8, 4) is 5.75 Å². The predicted molar refractivity (Wildman–Crippen MR) is 92.7 cm³/mol. The summed E-state index contributed by atoms with van der Waals surface area (Å²) in [5, 5.41) is 12.4. The van der Waals surface area contributed by atoms with Gasteiger partial charge in [0.25, 0.3) is 0 Å². The number of urea groups is 1. The van der Waals surface area contributed by atoms with Crippen LogP contribution in [0.2, 0.25) is 5.02 Å². The zero-order valence-corrected chi connectivity index (χ0v) is 14.8. The zero-order chi connectivity index (χ0) is 17.9. The molecule has 1 aromatic carbocycles. The molecule has 2 atom stereocenters. The van der Waals surface area contributed by atoms with Crippen LogP contribution >= 0.6 is 11.6 Å². The molecule has 0 bridgehead atoms. The van der Waals surface area contributed by atoms with Crippen molar-refractivity contribution in [1.29, 1.82) is 0 Å². The largest absolute Gasteiger partial charge is 0.489 e. The highest BCUT2D eigenvalue weighted by Crippen LogP contribution is 2.29. The minimum Gasteiger partial charge on any atom is -0.489 e. The van der Waals surface area contributed by atoms with Crippen LogP contribution in [0.25, 0.3) is 0 Å². The molecule has 6 nitrogen and oxygen atoms in total. The third-order valence-corrected chi connectivity index (χ3v) is 4.14. The Morgan fingerprint density at radius 1 is 1.38 bits per heavy atom. The third-order valence-electron chi connectivity index (χ3n) is 3.84. The Morgan fingerprint density at radius 3 is 2.67 bits per heavy atom. The Morgan fingerprint density at radius 2 is 2.08 bits per heavy atom. The Bertz CT molecular complexity index is 621. The summed E-state index contributed by atoms with van der Waals surface area (Å²) in [6, 6.07) is 4.72. The average Bonchev–Trinajstić information content (AvgIpc) is 2.49. The molecule has 0 aromatic heterocycles. The van der Waals surface area contributed by atoms with E-state index in [2.05, 4.69) is 5.32 Å². The molecule has 132 valence electrons. The summed E-state index contributed by atoms with van der Waals surface area (Å²) in [6.45, 7) is 6.51. The molecule has 1 aliphatic rings. The SMILES string of the molecule is CC1CC(C(=O)O)CN(C(=O)Nc2ccc(OC(C)C)c(Cl)c2)C1. The predicted octanol–water partition coefficient (Wildman–Crippen LogP) is 3.70. The standard InChI is InChI=1S/C17H23ClN2O4/c1-10(2)24-15-5-4-13(7-14(15)18)19-17(23)20-8-11(3)6-12(9-20)16(21)22/h4-5,7,10-12H,6,8-9H2,1-3H3,(H,19,23)(H,21,22). The van der Waals surface area contributed by atoms with E-state index in [0.29, 0.717) is 29.4 Å². The second-order valence-electron chi connectivity index (χ2n) is 6.52. The number of ether oxygens (including phenoxy) is 1. The second kappa shape index (κ2) is 7.75. The van der Waals surface area contributed by atoms with Crippen molar-refractivity contribution in [3.63, 3.8) is 0 Å². The molecule has 1 heterocycles. The first-order valence-electron chi connectivity index (χ1n) is 8.01. The highest BCUT2D eigenvalue weighted by molar-refractivity contribution is 6.32. The molecule has 0 radical (unpaired) electrons. The van der Waals surface area contributed by atoms with Crippen LogP contribution < -0.4 is 10.1 Å². The van der Waals surface area contributed by atoms with Gasteiger partial charge in [0.05, 0.1) is 17.0 Å². The maximum Gasteiger partial charge on any atom is 0.321 e. The number of nitrogens with one attached hydrogen (secondary N) is 1. The van der Waals surface area contributed by atoms with Gasteiger partial charge in [-0.3, -0.25) is 4.79 Å². The Hall–Kier alpha value is -1.95. The number of carboxylic acids is 1. The topological polar surface area (TPSA) is 78.9 Å². The quantitative estimate of drug-likeness (QED) is 0.864. The van der Waals surface area contributed by atoms with E-state index in [1.54, 1.807) is 23.1 Å². The van der Waals surface area contributed by atoms with Crippen LogP contribution in [0, 0.1) is 11.8 Å². The number of anilines is 1. The number of nitrogens with zero attached hydrogens (tertiary/aromatic N) is 1. The van der Waals surface area contributed by atoms with Crippen molar-refractivity contribution in [2.75, 3.05) is 18.4 Å². The Balaban J connectivity index is 2.03. The van der Waals surface area contributed by atoms with Gasteiger partial charge in [0.2, 0.25) is 0 Å². The first-order chi connectivity index (χ1) is 11.3. The normalized spacial score (nSPS) is 20.8. The molecule has 24 heavy (non-hydrogen) atoms. The number of carboxylic acid groups (broad SMARTS) is 1. The number of piperidine rings is 1. The Labute approximate surface area is 146 Å². The van der Waals surface area contributed by atoms with Crippen molar-refractivity contribution in [1.82, 2.24) is 4.90 Å². The highest BCUT2D eigenvalue weighted by Gasteiger charge is 2.31. The minimum absolute atomic E-state index is 0.00531. The summed E-state index contributed by atoms with van der Waals surface area (Å²) in [4.78, 5) is 25.2. The summed E-state index contributed by atoms with van der Waals surface area (Å²) in [5.41, 5.74) is 0.547. The maximum absolute atomic E-state index is 12.4. The van der Waals surface area contributed by atoms with Crippen LogP contribution in [0.3, 0.4) is 0 Å². The van der Waals surface area contributed by atoms with Gasteiger partial charge in [-0.25, -0.2) is 4.79 Å². The summed E-state index contributed by atoms with van der Waals surface area (Å²) in [7, 11) is 0. The average molecular weight is 355 g/mol. The summed E-state index contributed by atoms with van der Waals surface area (Å²) >= 11 is 6.16. The van der Waals surface area contributed by atoms with Crippen molar-refractivity contribution >= 4 is 29.3 Å². The zero-order valence-electron chi connectivity index (χ0n) is 14.1. The van der Waals surface area contributed by atoms with Crippen LogP contribution in [0.15, 0.2) is 18.2 Å². The van der Waals surface area contributed by atoms with Gasteiger partial charge in [-0.2, -0.15) is 0 Å². The molecule has 0 saturated carbocycles. The van der Waals surface area contributed by atoms with Gasteiger partial charge in [-0.15, -0.1) is 0 Å². The number of carbonyl (C=O) groups is 2. The van der Waals surface area contributed by atoms with Gasteiger partial charge in [0.15, 0.2) is 0 Å². The van der Waals surface area contributed by atoms with Gasteiger partial charge in [-0.1, -0.05) is 18.5 Å². The van der Waals surface area contributed by atoms with E-state index in [-0.39, 0.29) is 24.6 Å². The number of carbonyl (C=O) groups excluding carboxylic acids is 1. The monoisotopic (exact) mass is 354 g/mol. The van der Waals surface area contributed by atoms with Crippen molar-refractivity contribution < 1.29 is 19.4 Å². The number of halogens is 1. The number of benzene rings is 1. The van der Waals surface area contributed by atoms with Crippen LogP contribution in [-0.4, -0.2) is 41.2 Å². The molecule has 1 aliphatic heterocycles. The van der Waals surface area contributed by atoms with Gasteiger partial charge in [-0.05, 0) is 44.4 Å². The Kier molecular flexibility index (Phi) is 5.94. The molecule has 0 spiro atoms. The van der Waals surface area contributed by atoms with Gasteiger partial charge in [0, 0.05) is 18.8 Å². The van der Waals surface area contributed by atoms with Crippen molar-refractivity contribution in [2.45, 2.75) is 33.3 Å². The lowest BCUT2D eigenvalue weighted by Crippen LogP contribution is -2.47. The number of amides is 2. The molecule has 2 rings (SSSR count). The smallest absolute Gasteiger partial charge is 0.321 e. The van der Waals surface area contributed by atoms with E-state index in [4.69, 9.17) is 16.3 Å². The summed E-state index contributed by atoms with van der Waals surface area (Å²) in [5.74, 6) is -0.680. The first-order valence-corrected chi connectivity index (χ1v) is 8.39. The molecule has 1 aromatic rings. The van der Waals surface area contributed by atoms with Gasteiger partial charge >= 0.3 is 12.0 Å². The highest BCUT2D eigenvalue weighted by atomic mass is 35.5. The van der Waals surface area contributed by atoms with Gasteiger partial charge < -0.3 is 20.1 Å². The lowest BCUT2D eigenvalue weighted by atomic mass is 9.91. The van der Waals surface area contributed by atoms with E-state index in [1.165, 1.54) is 0 Å². The maximum atomic E-state index is 12.4. The molecule has 1 saturated heterocycles. The molecule has 0 aliphatic carbocycles. The van der Waals surface area contributed by atoms with Crippen LogP contribution in [0.1, 0.15) is 27.2 Å². The van der Waals surface area contributed by atoms with E-state index in [1.807, 2.05) is 20.8 Å². The molecule has 1 fully saturated rings. The number of aliphatic carboxylic acids is 1. The van der Waals surface area contributed by atoms with Crippen molar-refractivity contribution in [3.05, 3.63) is 23.2 Å². The molecular weight excluding hydrogens is 332 g/mol. The molecule has 7 heteroatoms. The minimum atomic E-state index is -0.863. The summed E-state index contributed by atoms with van der Waals surface area (Å²) in [6.07, 6.45) is 0.595. The molecule has 2 unspecified atom stereocenters. The molecular formula is C17H23ClN2O4. The van der Waals surface area contributed by atoms with Crippen LogP contribution in [0.4, 0.5) is 10.5 Å². The van der Waals surface area contributed by atoms with E-state index >= 15 is 0 Å². The van der Waals surface area contributed by atoms with E-state index in [0.717, 1.165) is 0 Å².